The summed E-state index contributed by atoms with van der Waals surface area (Å²) >= 11 is 5.53. The van der Waals surface area contributed by atoms with Crippen LogP contribution in [-0.4, -0.2) is 5.88 Å². The van der Waals surface area contributed by atoms with E-state index in [0.29, 0.717) is 0 Å². The van der Waals surface area contributed by atoms with Crippen molar-refractivity contribution in [2.24, 2.45) is 0 Å². The molecule has 10 heavy (non-hydrogen) atoms. The van der Waals surface area contributed by atoms with Gasteiger partial charge in [0, 0.05) is 5.88 Å². The van der Waals surface area contributed by atoms with E-state index in [2.05, 4.69) is 6.92 Å². The van der Waals surface area contributed by atoms with Crippen LogP contribution < -0.4 is 0 Å². The molecule has 0 atom stereocenters. The highest BCUT2D eigenvalue weighted by Gasteiger charge is 1.88. The van der Waals surface area contributed by atoms with Crippen LogP contribution in [0.25, 0.3) is 0 Å². The number of halogens is 1. The Morgan fingerprint density at radius 3 is 1.80 bits per heavy atom. The first-order valence-corrected chi connectivity index (χ1v) is 4.80. The van der Waals surface area contributed by atoms with Gasteiger partial charge in [-0.25, -0.2) is 0 Å². The fourth-order valence-electron chi connectivity index (χ4n) is 0.978. The van der Waals surface area contributed by atoms with Crippen molar-refractivity contribution in [1.82, 2.24) is 0 Å². The first-order chi connectivity index (χ1) is 4.91. The molecule has 0 aliphatic heterocycles. The van der Waals surface area contributed by atoms with Crippen LogP contribution in [0.15, 0.2) is 0 Å². The van der Waals surface area contributed by atoms with E-state index >= 15 is 0 Å². The molecule has 0 aromatic carbocycles. The van der Waals surface area contributed by atoms with Gasteiger partial charge in [-0.05, 0) is 6.42 Å². The Hall–Kier alpha value is 0.290. The highest BCUT2D eigenvalue weighted by atomic mass is 35.5. The molecule has 0 nitrogen and oxygen atoms in total. The monoisotopic (exact) mass is 161 g/mol. The van der Waals surface area contributed by atoms with E-state index in [4.69, 9.17) is 11.6 Å². The average molecular weight is 162 g/mol. The maximum absolute atomic E-state index is 5.53. The summed E-state index contributed by atoms with van der Waals surface area (Å²) in [6.07, 6.45) is 8.95. The van der Waals surface area contributed by atoms with Crippen LogP contribution in [-0.2, 0) is 0 Å². The molecule has 0 rings (SSSR count). The molecule has 0 spiro atoms. The molecule has 0 N–H and O–H groups in total. The van der Waals surface area contributed by atoms with E-state index in [-0.39, 0.29) is 0 Å². The number of alkyl halides is 1. The molecule has 0 heterocycles. The van der Waals surface area contributed by atoms with Crippen molar-refractivity contribution in [3.8, 4) is 0 Å². The molecule has 61 valence electrons. The van der Waals surface area contributed by atoms with E-state index in [1.54, 1.807) is 0 Å². The third-order valence-corrected chi connectivity index (χ3v) is 1.90. The van der Waals surface area contributed by atoms with Gasteiger partial charge in [0.15, 0.2) is 0 Å². The van der Waals surface area contributed by atoms with Gasteiger partial charge in [-0.2, -0.15) is 0 Å². The zero-order valence-corrected chi connectivity index (χ0v) is 7.50. The molecule has 0 saturated carbocycles. The smallest absolute Gasteiger partial charge is 0.0223 e. The van der Waals surface area contributed by atoms with Crippen molar-refractivity contribution >= 4 is 11.6 Å². The van der Waals surface area contributed by atoms with Gasteiger partial charge < -0.3 is 0 Å². The van der Waals surface area contributed by atoms with Gasteiger partial charge in [-0.1, -0.05) is 45.4 Å². The molecule has 0 aromatic rings. The normalized spacial score (nSPS) is 10.2. The number of rotatable bonds is 7. The Labute approximate surface area is 70.0 Å². The lowest BCUT2D eigenvalue weighted by Gasteiger charge is -1.97. The van der Waals surface area contributed by atoms with Crippen molar-refractivity contribution in [2.75, 3.05) is 5.88 Å². The van der Waals surface area contributed by atoms with Crippen molar-refractivity contribution in [3.05, 3.63) is 6.92 Å². The van der Waals surface area contributed by atoms with Gasteiger partial charge in [0.05, 0.1) is 0 Å². The standard InChI is InChI=1S/C9H18Cl/c1-2-3-4-5-6-7-8-9-10/h1-9H2. The van der Waals surface area contributed by atoms with Gasteiger partial charge >= 0.3 is 0 Å². The van der Waals surface area contributed by atoms with Crippen molar-refractivity contribution in [3.63, 3.8) is 0 Å². The molecule has 0 unspecified atom stereocenters. The molecule has 0 fully saturated rings. The quantitative estimate of drug-likeness (QED) is 0.394. The molecule has 0 aromatic heterocycles. The lowest BCUT2D eigenvalue weighted by atomic mass is 10.1. The van der Waals surface area contributed by atoms with Crippen LogP contribution in [0.2, 0.25) is 0 Å². The van der Waals surface area contributed by atoms with Gasteiger partial charge in [-0.15, -0.1) is 11.6 Å². The van der Waals surface area contributed by atoms with Gasteiger partial charge in [0.25, 0.3) is 0 Å². The Kier molecular flexibility index (Phi) is 9.56. The second kappa shape index (κ2) is 9.29. The Balaban J connectivity index is 2.65. The zero-order valence-electron chi connectivity index (χ0n) is 6.74. The lowest BCUT2D eigenvalue weighted by Crippen LogP contribution is -1.79. The average Bonchev–Trinajstić information content (AvgIpc) is 1.97. The molecule has 0 amide bonds. The topological polar surface area (TPSA) is 0 Å². The molecule has 1 radical (unpaired) electrons. The van der Waals surface area contributed by atoms with Crippen LogP contribution in [0.4, 0.5) is 0 Å². The minimum atomic E-state index is 0.829. The van der Waals surface area contributed by atoms with Gasteiger partial charge in [0.1, 0.15) is 0 Å². The van der Waals surface area contributed by atoms with E-state index in [9.17, 15) is 0 Å². The molecule has 0 aliphatic carbocycles. The molecule has 0 aliphatic rings. The lowest BCUT2D eigenvalue weighted by molar-refractivity contribution is 0.612. The number of unbranched alkanes of at least 4 members (excludes halogenated alkanes) is 6. The Morgan fingerprint density at radius 1 is 0.800 bits per heavy atom. The second-order valence-corrected chi connectivity index (χ2v) is 3.04. The van der Waals surface area contributed by atoms with Crippen molar-refractivity contribution in [2.45, 2.75) is 44.9 Å². The van der Waals surface area contributed by atoms with Crippen molar-refractivity contribution < 1.29 is 0 Å². The van der Waals surface area contributed by atoms with Crippen LogP contribution >= 0.6 is 11.6 Å². The summed E-state index contributed by atoms with van der Waals surface area (Å²) in [5.41, 5.74) is 0. The maximum atomic E-state index is 5.53. The fraction of sp³-hybridized carbons (Fsp3) is 0.889. The predicted octanol–water partition coefficient (Wildman–Crippen LogP) is 3.79. The second-order valence-electron chi connectivity index (χ2n) is 2.66. The van der Waals surface area contributed by atoms with Crippen LogP contribution in [0.5, 0.6) is 0 Å². The van der Waals surface area contributed by atoms with Gasteiger partial charge in [0.2, 0.25) is 0 Å². The highest BCUT2D eigenvalue weighted by Crippen LogP contribution is 2.06. The van der Waals surface area contributed by atoms with Crippen LogP contribution in [0.3, 0.4) is 0 Å². The minimum Gasteiger partial charge on any atom is -0.127 e. The Morgan fingerprint density at radius 2 is 1.30 bits per heavy atom. The van der Waals surface area contributed by atoms with E-state index in [1.165, 1.54) is 38.5 Å². The summed E-state index contributed by atoms with van der Waals surface area (Å²) in [5.74, 6) is 0.829. The SMILES string of the molecule is [CH2]CCCCCCCCCl. The molecule has 1 heteroatoms. The van der Waals surface area contributed by atoms with Crippen LogP contribution in [0.1, 0.15) is 44.9 Å². The molecular formula is C9H18Cl. The van der Waals surface area contributed by atoms with Crippen molar-refractivity contribution in [1.29, 1.82) is 0 Å². The van der Waals surface area contributed by atoms with E-state index < -0.39 is 0 Å². The highest BCUT2D eigenvalue weighted by molar-refractivity contribution is 6.17. The summed E-state index contributed by atoms with van der Waals surface area (Å²) in [5, 5.41) is 0. The molecular weight excluding hydrogens is 144 g/mol. The fourth-order valence-corrected chi connectivity index (χ4v) is 1.17. The number of hydrogen-bond acceptors (Lipinski definition) is 0. The first kappa shape index (κ1) is 10.3. The first-order valence-electron chi connectivity index (χ1n) is 4.27. The summed E-state index contributed by atoms with van der Waals surface area (Å²) in [6.45, 7) is 3.80. The van der Waals surface area contributed by atoms with Crippen LogP contribution in [0, 0.1) is 6.92 Å². The largest absolute Gasteiger partial charge is 0.127 e. The summed E-state index contributed by atoms with van der Waals surface area (Å²) < 4.78 is 0. The summed E-state index contributed by atoms with van der Waals surface area (Å²) in [7, 11) is 0. The third-order valence-electron chi connectivity index (χ3n) is 1.63. The van der Waals surface area contributed by atoms with E-state index in [0.717, 1.165) is 12.3 Å². The Bertz CT molecular complexity index is 44.7. The number of hydrogen-bond donors (Lipinski definition) is 0. The predicted molar refractivity (Wildman–Crippen MR) is 48.4 cm³/mol. The van der Waals surface area contributed by atoms with Gasteiger partial charge in [-0.3, -0.25) is 0 Å². The minimum absolute atomic E-state index is 0.829. The zero-order chi connectivity index (χ0) is 7.66. The molecule has 0 saturated heterocycles. The summed E-state index contributed by atoms with van der Waals surface area (Å²) in [4.78, 5) is 0. The summed E-state index contributed by atoms with van der Waals surface area (Å²) in [6, 6.07) is 0. The van der Waals surface area contributed by atoms with E-state index in [1.807, 2.05) is 0 Å². The molecule has 0 bridgehead atoms. The maximum Gasteiger partial charge on any atom is 0.0223 e. The third kappa shape index (κ3) is 8.29.